The highest BCUT2D eigenvalue weighted by atomic mass is 32.2. The average molecular weight is 419 g/mol. The molecule has 5 rings (SSSR count). The number of aromatic nitrogens is 3. The van der Waals surface area contributed by atoms with E-state index in [0.717, 1.165) is 20.9 Å². The van der Waals surface area contributed by atoms with Gasteiger partial charge in [0.2, 0.25) is 0 Å². The lowest BCUT2D eigenvalue weighted by Gasteiger charge is -2.24. The topological polar surface area (TPSA) is 76.1 Å². The molecule has 6 nitrogen and oxygen atoms in total. The number of anilines is 2. The molecule has 0 saturated heterocycles. The summed E-state index contributed by atoms with van der Waals surface area (Å²) in [6.45, 7) is 0. The Kier molecular flexibility index (Phi) is 4.22. The molecule has 0 saturated carbocycles. The van der Waals surface area contributed by atoms with Gasteiger partial charge in [-0.3, -0.25) is 4.98 Å². The predicted octanol–water partition coefficient (Wildman–Crippen LogP) is 4.77. The molecule has 0 aliphatic rings. The molecular formula is C21H14N4O2S2. The van der Waals surface area contributed by atoms with E-state index in [1.54, 1.807) is 48.8 Å². The highest BCUT2D eigenvalue weighted by Gasteiger charge is 2.29. The standard InChI is InChI=1S/C21H14N4O2S2/c26-29(27,18-5-4-17-13-22-9-6-16(17)12-18)25(20-7-10-23-14-24-20)19-3-1-2-15-8-11-28-21(15)19/h1-14H. The van der Waals surface area contributed by atoms with E-state index < -0.39 is 10.0 Å². The summed E-state index contributed by atoms with van der Waals surface area (Å²) in [6, 6.07) is 16.0. The number of pyridine rings is 1. The van der Waals surface area contributed by atoms with Crippen LogP contribution < -0.4 is 4.31 Å². The Morgan fingerprint density at radius 2 is 1.76 bits per heavy atom. The molecule has 29 heavy (non-hydrogen) atoms. The second-order valence-corrected chi connectivity index (χ2v) is 9.04. The summed E-state index contributed by atoms with van der Waals surface area (Å²) in [5, 5.41) is 4.60. The van der Waals surface area contributed by atoms with Crippen LogP contribution in [0.2, 0.25) is 0 Å². The van der Waals surface area contributed by atoms with Crippen LogP contribution in [0.25, 0.3) is 20.9 Å². The maximum absolute atomic E-state index is 13.8. The lowest BCUT2D eigenvalue weighted by molar-refractivity contribution is 0.596. The van der Waals surface area contributed by atoms with E-state index in [0.29, 0.717) is 5.69 Å². The first-order valence-electron chi connectivity index (χ1n) is 8.76. The fourth-order valence-corrected chi connectivity index (χ4v) is 5.70. The van der Waals surface area contributed by atoms with Crippen LogP contribution in [0.4, 0.5) is 11.5 Å². The predicted molar refractivity (Wildman–Crippen MR) is 115 cm³/mol. The van der Waals surface area contributed by atoms with Crippen molar-refractivity contribution in [3.63, 3.8) is 0 Å². The number of thiophene rings is 1. The van der Waals surface area contributed by atoms with E-state index >= 15 is 0 Å². The molecule has 142 valence electrons. The van der Waals surface area contributed by atoms with E-state index in [1.165, 1.54) is 28.2 Å². The van der Waals surface area contributed by atoms with Crippen molar-refractivity contribution in [2.24, 2.45) is 0 Å². The highest BCUT2D eigenvalue weighted by Crippen LogP contribution is 2.38. The number of rotatable bonds is 4. The molecular weight excluding hydrogens is 404 g/mol. The van der Waals surface area contributed by atoms with Gasteiger partial charge < -0.3 is 0 Å². The van der Waals surface area contributed by atoms with E-state index in [9.17, 15) is 8.42 Å². The van der Waals surface area contributed by atoms with Crippen LogP contribution in [0.1, 0.15) is 0 Å². The van der Waals surface area contributed by atoms with Gasteiger partial charge in [-0.2, -0.15) is 0 Å². The molecule has 0 spiro atoms. The first-order chi connectivity index (χ1) is 14.1. The zero-order valence-electron chi connectivity index (χ0n) is 15.0. The Balaban J connectivity index is 1.77. The third-order valence-corrected chi connectivity index (χ3v) is 7.27. The van der Waals surface area contributed by atoms with Gasteiger partial charge in [0.05, 0.1) is 15.3 Å². The lowest BCUT2D eigenvalue weighted by atomic mass is 10.2. The van der Waals surface area contributed by atoms with Crippen molar-refractivity contribution in [2.75, 3.05) is 4.31 Å². The quantitative estimate of drug-likeness (QED) is 0.420. The van der Waals surface area contributed by atoms with Crippen molar-refractivity contribution in [2.45, 2.75) is 4.90 Å². The molecule has 0 atom stereocenters. The Bertz CT molecular complexity index is 1430. The van der Waals surface area contributed by atoms with Gasteiger partial charge in [-0.1, -0.05) is 18.2 Å². The molecule has 0 bridgehead atoms. The summed E-state index contributed by atoms with van der Waals surface area (Å²) < 4.78 is 29.8. The van der Waals surface area contributed by atoms with Gasteiger partial charge in [0.25, 0.3) is 10.0 Å². The van der Waals surface area contributed by atoms with Crippen molar-refractivity contribution < 1.29 is 8.42 Å². The minimum Gasteiger partial charge on any atom is -0.264 e. The number of sulfonamides is 1. The van der Waals surface area contributed by atoms with Gasteiger partial charge in [0.15, 0.2) is 5.82 Å². The molecule has 8 heteroatoms. The Morgan fingerprint density at radius 1 is 0.862 bits per heavy atom. The smallest absolute Gasteiger partial charge is 0.264 e. The second kappa shape index (κ2) is 6.91. The van der Waals surface area contributed by atoms with Crippen LogP contribution in [-0.2, 0) is 10.0 Å². The number of hydrogen-bond donors (Lipinski definition) is 0. The fourth-order valence-electron chi connectivity index (χ4n) is 3.24. The molecule has 0 unspecified atom stereocenters. The Hall–Kier alpha value is -3.36. The maximum Gasteiger partial charge on any atom is 0.269 e. The normalized spacial score (nSPS) is 11.7. The van der Waals surface area contributed by atoms with Crippen molar-refractivity contribution in [3.05, 3.63) is 84.9 Å². The minimum atomic E-state index is -3.94. The number of nitrogens with zero attached hydrogens (tertiary/aromatic N) is 4. The van der Waals surface area contributed by atoms with Crippen LogP contribution in [0, 0.1) is 0 Å². The molecule has 0 N–H and O–H groups in total. The number of fused-ring (bicyclic) bond motifs is 2. The van der Waals surface area contributed by atoms with Crippen LogP contribution in [-0.4, -0.2) is 23.4 Å². The Morgan fingerprint density at radius 3 is 2.62 bits per heavy atom. The van der Waals surface area contributed by atoms with Gasteiger partial charge in [-0.15, -0.1) is 11.3 Å². The molecule has 0 radical (unpaired) electrons. The van der Waals surface area contributed by atoms with Crippen LogP contribution >= 0.6 is 11.3 Å². The van der Waals surface area contributed by atoms with Crippen LogP contribution in [0.5, 0.6) is 0 Å². The summed E-state index contributed by atoms with van der Waals surface area (Å²) in [5.74, 6) is 0.288. The van der Waals surface area contributed by atoms with E-state index in [1.807, 2.05) is 23.6 Å². The summed E-state index contributed by atoms with van der Waals surface area (Å²) >= 11 is 1.49. The third-order valence-electron chi connectivity index (χ3n) is 4.60. The van der Waals surface area contributed by atoms with Gasteiger partial charge >= 0.3 is 0 Å². The molecule has 0 fully saturated rings. The monoisotopic (exact) mass is 418 g/mol. The SMILES string of the molecule is O=S(=O)(c1ccc2cnccc2c1)N(c1ccncn1)c1cccc2ccsc12. The fraction of sp³-hybridized carbons (Fsp3) is 0. The van der Waals surface area contributed by atoms with Crippen molar-refractivity contribution in [1.29, 1.82) is 0 Å². The summed E-state index contributed by atoms with van der Waals surface area (Å²) in [7, 11) is -3.94. The average Bonchev–Trinajstić information content (AvgIpc) is 3.24. The highest BCUT2D eigenvalue weighted by molar-refractivity contribution is 7.93. The first kappa shape index (κ1) is 17.7. The van der Waals surface area contributed by atoms with Crippen molar-refractivity contribution in [3.8, 4) is 0 Å². The van der Waals surface area contributed by atoms with Gasteiger partial charge in [-0.25, -0.2) is 22.7 Å². The van der Waals surface area contributed by atoms with Crippen molar-refractivity contribution in [1.82, 2.24) is 15.0 Å². The van der Waals surface area contributed by atoms with Crippen LogP contribution in [0.3, 0.4) is 0 Å². The van der Waals surface area contributed by atoms with Gasteiger partial charge in [0.1, 0.15) is 6.33 Å². The molecule has 0 aliphatic heterocycles. The molecule has 5 aromatic rings. The first-order valence-corrected chi connectivity index (χ1v) is 11.1. The Labute approximate surface area is 171 Å². The third kappa shape index (κ3) is 3.02. The molecule has 0 amide bonds. The number of hydrogen-bond acceptors (Lipinski definition) is 6. The molecule has 2 aromatic carbocycles. The van der Waals surface area contributed by atoms with E-state index in [4.69, 9.17) is 0 Å². The largest absolute Gasteiger partial charge is 0.269 e. The van der Waals surface area contributed by atoms with Crippen molar-refractivity contribution >= 4 is 53.7 Å². The lowest BCUT2D eigenvalue weighted by Crippen LogP contribution is -2.27. The summed E-state index contributed by atoms with van der Waals surface area (Å²) in [5.41, 5.74) is 0.561. The van der Waals surface area contributed by atoms with Gasteiger partial charge in [-0.05, 0) is 46.5 Å². The molecule has 3 aromatic heterocycles. The van der Waals surface area contributed by atoms with Gasteiger partial charge in [0, 0.05) is 30.0 Å². The van der Waals surface area contributed by atoms with Crippen LogP contribution in [0.15, 0.2) is 89.8 Å². The molecule has 0 aliphatic carbocycles. The maximum atomic E-state index is 13.8. The summed E-state index contributed by atoms with van der Waals surface area (Å²) in [4.78, 5) is 12.4. The number of benzene rings is 2. The van der Waals surface area contributed by atoms with E-state index in [-0.39, 0.29) is 10.7 Å². The second-order valence-electron chi connectivity index (χ2n) is 6.34. The molecule has 3 heterocycles. The van der Waals surface area contributed by atoms with E-state index in [2.05, 4.69) is 15.0 Å². The minimum absolute atomic E-state index is 0.184. The zero-order chi connectivity index (χ0) is 19.8. The summed E-state index contributed by atoms with van der Waals surface area (Å²) in [6.07, 6.45) is 6.23. The zero-order valence-corrected chi connectivity index (χ0v) is 16.6.